The minimum absolute atomic E-state index is 0.0596. The number of anilines is 3. The van der Waals surface area contributed by atoms with Gasteiger partial charge >= 0.3 is 5.69 Å². The first-order valence-corrected chi connectivity index (χ1v) is 12.9. The lowest BCUT2D eigenvalue weighted by atomic mass is 10.2. The molecule has 2 heterocycles. The van der Waals surface area contributed by atoms with E-state index in [1.165, 1.54) is 4.57 Å². The SMILES string of the molecule is CCCCn1c(N)c(N(CC(=O)Nc2c(C#N)c(C)c(C)n2C2CCCC2)CC(C)C)c(=O)[nH]c1=O. The molecule has 1 aliphatic rings. The molecule has 0 unspecified atom stereocenters. The minimum atomic E-state index is -0.613. The topological polar surface area (TPSA) is 142 Å². The summed E-state index contributed by atoms with van der Waals surface area (Å²) in [6, 6.07) is 2.50. The van der Waals surface area contributed by atoms with Gasteiger partial charge < -0.3 is 20.5 Å². The molecule has 1 fully saturated rings. The van der Waals surface area contributed by atoms with E-state index in [0.29, 0.717) is 24.5 Å². The van der Waals surface area contributed by atoms with Crippen LogP contribution in [0.5, 0.6) is 0 Å². The van der Waals surface area contributed by atoms with Crippen LogP contribution < -0.4 is 27.2 Å². The molecule has 0 spiro atoms. The number of hydrogen-bond acceptors (Lipinski definition) is 6. The number of rotatable bonds is 10. The van der Waals surface area contributed by atoms with Crippen LogP contribution in [0.1, 0.15) is 82.2 Å². The molecule has 1 aliphatic carbocycles. The Kier molecular flexibility index (Phi) is 8.66. The first-order chi connectivity index (χ1) is 17.1. The van der Waals surface area contributed by atoms with E-state index in [1.807, 2.05) is 34.6 Å². The van der Waals surface area contributed by atoms with Crippen LogP contribution in [0.2, 0.25) is 0 Å². The van der Waals surface area contributed by atoms with E-state index < -0.39 is 11.2 Å². The summed E-state index contributed by atoms with van der Waals surface area (Å²) >= 11 is 0. The molecule has 4 N–H and O–H groups in total. The van der Waals surface area contributed by atoms with Crippen LogP contribution in [0.4, 0.5) is 17.3 Å². The maximum Gasteiger partial charge on any atom is 0.330 e. The van der Waals surface area contributed by atoms with Gasteiger partial charge in [-0.15, -0.1) is 0 Å². The zero-order chi connectivity index (χ0) is 26.6. The summed E-state index contributed by atoms with van der Waals surface area (Å²) in [4.78, 5) is 42.6. The number of carbonyl (C=O) groups is 1. The predicted octanol–water partition coefficient (Wildman–Crippen LogP) is 3.43. The van der Waals surface area contributed by atoms with Crippen molar-refractivity contribution in [1.82, 2.24) is 14.1 Å². The second-order valence-electron chi connectivity index (χ2n) is 10.2. The van der Waals surface area contributed by atoms with E-state index in [9.17, 15) is 19.6 Å². The summed E-state index contributed by atoms with van der Waals surface area (Å²) in [5, 5.41) is 12.8. The molecule has 1 amide bonds. The molecule has 2 aromatic heterocycles. The van der Waals surface area contributed by atoms with E-state index in [2.05, 4.69) is 20.9 Å². The maximum atomic E-state index is 13.4. The number of hydrogen-bond donors (Lipinski definition) is 3. The molecule has 10 heteroatoms. The van der Waals surface area contributed by atoms with Crippen LogP contribution in [0.15, 0.2) is 9.59 Å². The first kappa shape index (κ1) is 27.1. The van der Waals surface area contributed by atoms with Gasteiger partial charge in [0.25, 0.3) is 5.56 Å². The third-order valence-electron chi connectivity index (χ3n) is 7.00. The average Bonchev–Trinajstić information content (AvgIpc) is 3.39. The van der Waals surface area contributed by atoms with Gasteiger partial charge in [-0.3, -0.25) is 19.1 Å². The van der Waals surface area contributed by atoms with Crippen LogP contribution in [0.25, 0.3) is 0 Å². The number of aromatic amines is 1. The van der Waals surface area contributed by atoms with Crippen LogP contribution in [0.3, 0.4) is 0 Å². The van der Waals surface area contributed by atoms with Gasteiger partial charge in [-0.05, 0) is 44.6 Å². The fraction of sp³-hybridized carbons (Fsp3) is 0.615. The zero-order valence-corrected chi connectivity index (χ0v) is 22.1. The molecule has 0 aromatic carbocycles. The molecule has 10 nitrogen and oxygen atoms in total. The molecular formula is C26H39N7O3. The largest absolute Gasteiger partial charge is 0.383 e. The van der Waals surface area contributed by atoms with Crippen molar-refractivity contribution in [3.63, 3.8) is 0 Å². The molecular weight excluding hydrogens is 458 g/mol. The Morgan fingerprint density at radius 3 is 2.53 bits per heavy atom. The Balaban J connectivity index is 1.98. The van der Waals surface area contributed by atoms with Crippen molar-refractivity contribution in [1.29, 1.82) is 5.26 Å². The number of unbranched alkanes of at least 4 members (excludes halogenated alkanes) is 1. The lowest BCUT2D eigenvalue weighted by Crippen LogP contribution is -2.43. The van der Waals surface area contributed by atoms with Gasteiger partial charge in [0.1, 0.15) is 23.4 Å². The molecule has 3 rings (SSSR count). The summed E-state index contributed by atoms with van der Waals surface area (Å²) in [5.41, 5.74) is 7.59. The number of amides is 1. The third kappa shape index (κ3) is 5.50. The van der Waals surface area contributed by atoms with Crippen LogP contribution in [0, 0.1) is 31.1 Å². The number of aromatic nitrogens is 3. The standard InChI is InChI=1S/C26H39N7O3/c1-6-7-12-32-23(28)22(25(35)30-26(32)36)31(14-16(2)3)15-21(34)29-24-20(13-27)17(4)18(5)33(24)19-10-8-9-11-19/h16,19H,6-12,14-15,28H2,1-5H3,(H,29,34)(H,30,35,36). The Hall–Kier alpha value is -3.48. The molecule has 36 heavy (non-hydrogen) atoms. The van der Waals surface area contributed by atoms with Gasteiger partial charge in [0, 0.05) is 24.8 Å². The van der Waals surface area contributed by atoms with E-state index >= 15 is 0 Å². The van der Waals surface area contributed by atoms with Crippen molar-refractivity contribution in [3.8, 4) is 6.07 Å². The van der Waals surface area contributed by atoms with Crippen LogP contribution in [-0.4, -0.2) is 33.1 Å². The van der Waals surface area contributed by atoms with Crippen molar-refractivity contribution in [2.24, 2.45) is 5.92 Å². The van der Waals surface area contributed by atoms with Crippen LogP contribution in [-0.2, 0) is 11.3 Å². The van der Waals surface area contributed by atoms with Crippen molar-refractivity contribution in [3.05, 3.63) is 37.7 Å². The number of nitrogens with two attached hydrogens (primary N) is 1. The van der Waals surface area contributed by atoms with Gasteiger partial charge in [0.05, 0.1) is 12.1 Å². The van der Waals surface area contributed by atoms with Gasteiger partial charge in [0.2, 0.25) is 5.91 Å². The fourth-order valence-electron chi connectivity index (χ4n) is 5.15. The van der Waals surface area contributed by atoms with E-state index in [-0.39, 0.29) is 35.9 Å². The number of carbonyl (C=O) groups excluding carboxylic acids is 1. The summed E-state index contributed by atoms with van der Waals surface area (Å²) in [6.45, 7) is 10.5. The summed E-state index contributed by atoms with van der Waals surface area (Å²) < 4.78 is 3.45. The van der Waals surface area contributed by atoms with Gasteiger partial charge in [-0.1, -0.05) is 40.0 Å². The van der Waals surface area contributed by atoms with Crippen molar-refractivity contribution < 1.29 is 4.79 Å². The highest BCUT2D eigenvalue weighted by Crippen LogP contribution is 2.37. The number of nitriles is 1. The Labute approximate surface area is 212 Å². The summed E-state index contributed by atoms with van der Waals surface area (Å²) in [5.74, 6) is 0.344. The maximum absolute atomic E-state index is 13.4. The smallest absolute Gasteiger partial charge is 0.330 e. The predicted molar refractivity (Wildman–Crippen MR) is 142 cm³/mol. The highest BCUT2D eigenvalue weighted by Gasteiger charge is 2.28. The van der Waals surface area contributed by atoms with Gasteiger partial charge in [-0.2, -0.15) is 5.26 Å². The lowest BCUT2D eigenvalue weighted by Gasteiger charge is -2.27. The van der Waals surface area contributed by atoms with Gasteiger partial charge in [0.15, 0.2) is 0 Å². The molecule has 1 saturated carbocycles. The summed E-state index contributed by atoms with van der Waals surface area (Å²) in [7, 11) is 0. The highest BCUT2D eigenvalue weighted by molar-refractivity contribution is 5.95. The second kappa shape index (κ2) is 11.5. The minimum Gasteiger partial charge on any atom is -0.383 e. The molecule has 0 saturated heterocycles. The second-order valence-corrected chi connectivity index (χ2v) is 10.2. The summed E-state index contributed by atoms with van der Waals surface area (Å²) in [6.07, 6.45) is 5.84. The third-order valence-corrected chi connectivity index (χ3v) is 7.00. The molecule has 0 atom stereocenters. The Morgan fingerprint density at radius 1 is 1.28 bits per heavy atom. The van der Waals surface area contributed by atoms with Gasteiger partial charge in [-0.25, -0.2) is 4.79 Å². The normalized spacial score (nSPS) is 13.8. The lowest BCUT2D eigenvalue weighted by molar-refractivity contribution is -0.115. The van der Waals surface area contributed by atoms with E-state index in [4.69, 9.17) is 5.73 Å². The molecule has 0 bridgehead atoms. The molecule has 196 valence electrons. The quantitative estimate of drug-likeness (QED) is 0.459. The average molecular weight is 498 g/mol. The van der Waals surface area contributed by atoms with Crippen molar-refractivity contribution in [2.75, 3.05) is 29.0 Å². The highest BCUT2D eigenvalue weighted by atomic mass is 16.2. The van der Waals surface area contributed by atoms with Crippen LogP contribution >= 0.6 is 0 Å². The number of nitrogens with one attached hydrogen (secondary N) is 2. The van der Waals surface area contributed by atoms with Crippen molar-refractivity contribution >= 4 is 23.2 Å². The van der Waals surface area contributed by atoms with E-state index in [1.54, 1.807) is 4.90 Å². The Bertz CT molecular complexity index is 1260. The fourth-order valence-corrected chi connectivity index (χ4v) is 5.15. The molecule has 0 aliphatic heterocycles. The first-order valence-electron chi connectivity index (χ1n) is 12.9. The number of nitrogen functional groups attached to an aromatic ring is 1. The van der Waals surface area contributed by atoms with Crippen molar-refractivity contribution in [2.45, 2.75) is 85.7 Å². The Morgan fingerprint density at radius 2 is 1.94 bits per heavy atom. The number of H-pyrrole nitrogens is 1. The zero-order valence-electron chi connectivity index (χ0n) is 22.1. The van der Waals surface area contributed by atoms with E-state index in [0.717, 1.165) is 49.8 Å². The monoisotopic (exact) mass is 497 g/mol. The molecule has 0 radical (unpaired) electrons. The number of nitrogens with zero attached hydrogens (tertiary/aromatic N) is 4. The molecule has 2 aromatic rings.